The molecule has 1 heterocycles. The number of esters is 1. The van der Waals surface area contributed by atoms with Gasteiger partial charge < -0.3 is 29.6 Å². The van der Waals surface area contributed by atoms with Gasteiger partial charge in [-0.3, -0.25) is 4.79 Å². The molecule has 0 amide bonds. The van der Waals surface area contributed by atoms with Gasteiger partial charge in [0.2, 0.25) is 0 Å². The number of benzene rings is 1. The van der Waals surface area contributed by atoms with E-state index in [0.717, 1.165) is 30.1 Å². The van der Waals surface area contributed by atoms with Crippen LogP contribution in [0.1, 0.15) is 5.56 Å². The number of nitrogens with zero attached hydrogens (tertiary/aromatic N) is 1. The standard InChI is InChI=1S/C16H24N2O5/c1-20-14-10-13(18-4-6-23-7-5-18)15(21-2)9-11(14)8-12(17)16(19)22-3/h9-10,12H,4-8,17H2,1-3H3. The fourth-order valence-corrected chi connectivity index (χ4v) is 2.63. The molecule has 128 valence electrons. The van der Waals surface area contributed by atoms with Crippen LogP contribution in [0, 0.1) is 0 Å². The molecule has 2 rings (SSSR count). The Morgan fingerprint density at radius 2 is 1.87 bits per heavy atom. The van der Waals surface area contributed by atoms with Gasteiger partial charge in [0.1, 0.15) is 17.5 Å². The van der Waals surface area contributed by atoms with Crippen molar-refractivity contribution >= 4 is 11.7 Å². The zero-order valence-corrected chi connectivity index (χ0v) is 13.8. The molecule has 1 unspecified atom stereocenters. The van der Waals surface area contributed by atoms with E-state index in [1.54, 1.807) is 14.2 Å². The molecule has 0 spiro atoms. The number of carbonyl (C=O) groups is 1. The Kier molecular flexibility index (Phi) is 6.06. The summed E-state index contributed by atoms with van der Waals surface area (Å²) in [7, 11) is 4.54. The zero-order chi connectivity index (χ0) is 16.8. The van der Waals surface area contributed by atoms with Gasteiger partial charge in [0, 0.05) is 31.1 Å². The van der Waals surface area contributed by atoms with Crippen LogP contribution in [-0.2, 0) is 20.7 Å². The third-order valence-corrected chi connectivity index (χ3v) is 3.88. The molecular weight excluding hydrogens is 300 g/mol. The van der Waals surface area contributed by atoms with Crippen molar-refractivity contribution in [2.75, 3.05) is 52.5 Å². The summed E-state index contributed by atoms with van der Waals surface area (Å²) in [6.07, 6.45) is 0.315. The molecule has 1 aliphatic heterocycles. The third kappa shape index (κ3) is 4.05. The summed E-state index contributed by atoms with van der Waals surface area (Å²) in [5.41, 5.74) is 7.61. The van der Waals surface area contributed by atoms with Crippen LogP contribution in [0.4, 0.5) is 5.69 Å². The first kappa shape index (κ1) is 17.4. The lowest BCUT2D eigenvalue weighted by atomic mass is 10.0. The average Bonchev–Trinajstić information content (AvgIpc) is 2.61. The lowest BCUT2D eigenvalue weighted by molar-refractivity contribution is -0.142. The third-order valence-electron chi connectivity index (χ3n) is 3.88. The predicted molar refractivity (Wildman–Crippen MR) is 86.3 cm³/mol. The van der Waals surface area contributed by atoms with Gasteiger partial charge in [-0.2, -0.15) is 0 Å². The largest absolute Gasteiger partial charge is 0.496 e. The number of anilines is 1. The number of hydrogen-bond donors (Lipinski definition) is 1. The van der Waals surface area contributed by atoms with E-state index in [0.29, 0.717) is 25.4 Å². The minimum Gasteiger partial charge on any atom is -0.496 e. The topological polar surface area (TPSA) is 83.2 Å². The highest BCUT2D eigenvalue weighted by Crippen LogP contribution is 2.36. The molecule has 2 N–H and O–H groups in total. The van der Waals surface area contributed by atoms with Crippen LogP contribution in [-0.4, -0.2) is 59.6 Å². The van der Waals surface area contributed by atoms with Crippen molar-refractivity contribution in [1.29, 1.82) is 0 Å². The summed E-state index contributed by atoms with van der Waals surface area (Å²) in [5, 5.41) is 0. The second-order valence-electron chi connectivity index (χ2n) is 5.27. The van der Waals surface area contributed by atoms with Gasteiger partial charge in [-0.25, -0.2) is 0 Å². The number of methoxy groups -OCH3 is 3. The number of carbonyl (C=O) groups excluding carboxylic acids is 1. The molecule has 1 saturated heterocycles. The van der Waals surface area contributed by atoms with Gasteiger partial charge in [0.15, 0.2) is 0 Å². The molecule has 0 bridgehead atoms. The van der Waals surface area contributed by atoms with Crippen LogP contribution >= 0.6 is 0 Å². The lowest BCUT2D eigenvalue weighted by Gasteiger charge is -2.30. The van der Waals surface area contributed by atoms with Crippen molar-refractivity contribution < 1.29 is 23.7 Å². The van der Waals surface area contributed by atoms with Crippen molar-refractivity contribution in [2.45, 2.75) is 12.5 Å². The van der Waals surface area contributed by atoms with Gasteiger partial charge in [-0.15, -0.1) is 0 Å². The molecule has 1 fully saturated rings. The van der Waals surface area contributed by atoms with Crippen LogP contribution in [0.3, 0.4) is 0 Å². The van der Waals surface area contributed by atoms with E-state index in [4.69, 9.17) is 19.9 Å². The summed E-state index contributed by atoms with van der Waals surface area (Å²) in [4.78, 5) is 13.7. The van der Waals surface area contributed by atoms with E-state index < -0.39 is 12.0 Å². The van der Waals surface area contributed by atoms with Crippen LogP contribution in [0.2, 0.25) is 0 Å². The van der Waals surface area contributed by atoms with Crippen LogP contribution in [0.5, 0.6) is 11.5 Å². The molecule has 7 nitrogen and oxygen atoms in total. The Hall–Kier alpha value is -1.99. The molecule has 1 aromatic carbocycles. The monoisotopic (exact) mass is 324 g/mol. The maximum Gasteiger partial charge on any atom is 0.322 e. The van der Waals surface area contributed by atoms with Crippen molar-refractivity contribution in [1.82, 2.24) is 0 Å². The number of nitrogens with two attached hydrogens (primary N) is 1. The quantitative estimate of drug-likeness (QED) is 0.767. The fourth-order valence-electron chi connectivity index (χ4n) is 2.63. The number of ether oxygens (including phenoxy) is 4. The van der Waals surface area contributed by atoms with Crippen molar-refractivity contribution in [3.63, 3.8) is 0 Å². The Labute approximate surface area is 136 Å². The van der Waals surface area contributed by atoms with Crippen molar-refractivity contribution in [2.24, 2.45) is 5.73 Å². The van der Waals surface area contributed by atoms with Crippen molar-refractivity contribution in [3.05, 3.63) is 17.7 Å². The first-order valence-corrected chi connectivity index (χ1v) is 7.51. The number of morpholine rings is 1. The summed E-state index contributed by atoms with van der Waals surface area (Å²) in [5.74, 6) is 0.940. The molecule has 23 heavy (non-hydrogen) atoms. The van der Waals surface area contributed by atoms with Gasteiger partial charge >= 0.3 is 5.97 Å². The Morgan fingerprint density at radius 1 is 1.22 bits per heavy atom. The minimum atomic E-state index is -0.743. The second kappa shape index (κ2) is 8.03. The fraction of sp³-hybridized carbons (Fsp3) is 0.562. The highest BCUT2D eigenvalue weighted by molar-refractivity contribution is 5.76. The number of hydrogen-bond acceptors (Lipinski definition) is 7. The molecule has 1 aliphatic rings. The van der Waals surface area contributed by atoms with Gasteiger partial charge in [-0.05, 0) is 6.07 Å². The summed E-state index contributed by atoms with van der Waals surface area (Å²) < 4.78 is 21.0. The van der Waals surface area contributed by atoms with Crippen LogP contribution < -0.4 is 20.1 Å². The summed E-state index contributed by atoms with van der Waals surface area (Å²) >= 11 is 0. The van der Waals surface area contributed by atoms with E-state index in [9.17, 15) is 4.79 Å². The molecule has 0 aliphatic carbocycles. The van der Waals surface area contributed by atoms with E-state index in [1.165, 1.54) is 7.11 Å². The van der Waals surface area contributed by atoms with Crippen molar-refractivity contribution in [3.8, 4) is 11.5 Å². The first-order valence-electron chi connectivity index (χ1n) is 7.51. The molecular formula is C16H24N2O5. The van der Waals surface area contributed by atoms with Crippen LogP contribution in [0.15, 0.2) is 12.1 Å². The molecule has 0 radical (unpaired) electrons. The molecule has 0 aromatic heterocycles. The first-order chi connectivity index (χ1) is 11.1. The maximum absolute atomic E-state index is 11.5. The SMILES string of the molecule is COC(=O)C(N)Cc1cc(OC)c(N2CCOCC2)cc1OC. The smallest absolute Gasteiger partial charge is 0.322 e. The lowest BCUT2D eigenvalue weighted by Crippen LogP contribution is -2.36. The molecule has 1 atom stereocenters. The molecule has 1 aromatic rings. The van der Waals surface area contributed by atoms with Gasteiger partial charge in [-0.1, -0.05) is 0 Å². The molecule has 0 saturated carbocycles. The zero-order valence-electron chi connectivity index (χ0n) is 13.8. The highest BCUT2D eigenvalue weighted by atomic mass is 16.5. The Balaban J connectivity index is 2.31. The molecule has 7 heteroatoms. The summed E-state index contributed by atoms with van der Waals surface area (Å²) in [6, 6.07) is 3.04. The van der Waals surface area contributed by atoms with Gasteiger partial charge in [0.25, 0.3) is 0 Å². The normalized spacial score (nSPS) is 15.9. The second-order valence-corrected chi connectivity index (χ2v) is 5.27. The number of rotatable bonds is 6. The van der Waals surface area contributed by atoms with E-state index in [2.05, 4.69) is 9.64 Å². The average molecular weight is 324 g/mol. The van der Waals surface area contributed by atoms with E-state index in [1.807, 2.05) is 12.1 Å². The maximum atomic E-state index is 11.5. The Bertz CT molecular complexity index is 544. The predicted octanol–water partition coefficient (Wildman–Crippen LogP) is 0.583. The van der Waals surface area contributed by atoms with Crippen LogP contribution in [0.25, 0.3) is 0 Å². The Morgan fingerprint density at radius 3 is 2.43 bits per heavy atom. The summed E-state index contributed by atoms with van der Waals surface area (Å²) in [6.45, 7) is 2.95. The minimum absolute atomic E-state index is 0.315. The van der Waals surface area contributed by atoms with E-state index in [-0.39, 0.29) is 0 Å². The van der Waals surface area contributed by atoms with E-state index >= 15 is 0 Å². The highest BCUT2D eigenvalue weighted by Gasteiger charge is 2.22. The van der Waals surface area contributed by atoms with Gasteiger partial charge in [0.05, 0.1) is 40.2 Å².